The number of benzene rings is 1. The molecular weight excluding hydrogens is 404 g/mol. The quantitative estimate of drug-likeness (QED) is 0.643. The minimum Gasteiger partial charge on any atom is -0.491 e. The van der Waals surface area contributed by atoms with Crippen LogP contribution in [-0.2, 0) is 9.47 Å². The van der Waals surface area contributed by atoms with Gasteiger partial charge >= 0.3 is 0 Å². The van der Waals surface area contributed by atoms with Crippen molar-refractivity contribution < 1.29 is 19.0 Å². The molecule has 6 heteroatoms. The van der Waals surface area contributed by atoms with Crippen molar-refractivity contribution in [1.82, 2.24) is 4.90 Å². The highest BCUT2D eigenvalue weighted by Crippen LogP contribution is 2.43. The van der Waals surface area contributed by atoms with Gasteiger partial charge in [-0.15, -0.1) is 0 Å². The van der Waals surface area contributed by atoms with Gasteiger partial charge in [0.1, 0.15) is 11.4 Å². The van der Waals surface area contributed by atoms with Crippen LogP contribution in [0.5, 0.6) is 5.75 Å². The molecule has 0 aliphatic carbocycles. The van der Waals surface area contributed by atoms with Gasteiger partial charge in [0.2, 0.25) is 5.88 Å². The Bertz CT molecular complexity index is 910. The summed E-state index contributed by atoms with van der Waals surface area (Å²) in [5, 5.41) is 0. The number of likely N-dealkylation sites (tertiary alicyclic amines) is 1. The number of carbonyl (C=O) groups excluding carboxylic acids is 1. The normalized spacial score (nSPS) is 22.3. The molecule has 174 valence electrons. The molecule has 0 saturated carbocycles. The van der Waals surface area contributed by atoms with E-state index in [4.69, 9.17) is 14.2 Å². The zero-order chi connectivity index (χ0) is 22.9. The number of piperidine rings is 1. The molecule has 1 amide bonds. The molecule has 1 saturated heterocycles. The van der Waals surface area contributed by atoms with Crippen molar-refractivity contribution in [3.05, 3.63) is 40.8 Å². The summed E-state index contributed by atoms with van der Waals surface area (Å²) in [6.07, 6.45) is 6.56. The largest absolute Gasteiger partial charge is 0.491 e. The van der Waals surface area contributed by atoms with Crippen LogP contribution in [0.4, 0.5) is 0 Å². The standard InChI is InChI=1S/C26H36N2O4/c1-17(2)30-22-9-8-20(15-19(22)5)25(29)28-13-10-26(11-14-28)16-23(31-18(3)4)21-7-6-12-27-24(21)32-26/h8-9,12,15,17-18,23H,6-7,10-11,13-14,16H2,1-5H3. The first-order chi connectivity index (χ1) is 15.3. The second-order valence-corrected chi connectivity index (χ2v) is 9.78. The molecule has 1 fully saturated rings. The van der Waals surface area contributed by atoms with Crippen LogP contribution in [0.25, 0.3) is 0 Å². The lowest BCUT2D eigenvalue weighted by Gasteiger charge is -2.47. The predicted octanol–water partition coefficient (Wildman–Crippen LogP) is 5.05. The lowest BCUT2D eigenvalue weighted by atomic mass is 9.81. The van der Waals surface area contributed by atoms with Crippen LogP contribution < -0.4 is 4.74 Å². The van der Waals surface area contributed by atoms with E-state index in [0.717, 1.165) is 49.3 Å². The molecule has 6 nitrogen and oxygen atoms in total. The van der Waals surface area contributed by atoms with E-state index in [1.807, 2.05) is 50.1 Å². The van der Waals surface area contributed by atoms with Crippen LogP contribution in [0.15, 0.2) is 34.6 Å². The van der Waals surface area contributed by atoms with Gasteiger partial charge < -0.3 is 19.1 Å². The maximum Gasteiger partial charge on any atom is 0.253 e. The number of carbonyl (C=O) groups is 1. The van der Waals surface area contributed by atoms with Crippen molar-refractivity contribution >= 4 is 12.1 Å². The Kier molecular flexibility index (Phi) is 6.61. The first kappa shape index (κ1) is 22.8. The van der Waals surface area contributed by atoms with E-state index in [0.29, 0.717) is 18.7 Å². The predicted molar refractivity (Wildman–Crippen MR) is 125 cm³/mol. The number of hydrogen-bond acceptors (Lipinski definition) is 5. The monoisotopic (exact) mass is 440 g/mol. The molecule has 3 aliphatic heterocycles. The van der Waals surface area contributed by atoms with E-state index < -0.39 is 0 Å². The van der Waals surface area contributed by atoms with Crippen LogP contribution in [0, 0.1) is 6.92 Å². The second kappa shape index (κ2) is 9.26. The number of amides is 1. The maximum absolute atomic E-state index is 13.2. The molecule has 0 aromatic heterocycles. The number of aliphatic imine (C=N–C) groups is 1. The fourth-order valence-electron chi connectivity index (χ4n) is 4.89. The Morgan fingerprint density at radius 1 is 1.19 bits per heavy atom. The van der Waals surface area contributed by atoms with Gasteiger partial charge in [-0.1, -0.05) is 0 Å². The molecule has 1 unspecified atom stereocenters. The molecule has 0 N–H and O–H groups in total. The van der Waals surface area contributed by atoms with Gasteiger partial charge in [-0.25, -0.2) is 4.99 Å². The minimum atomic E-state index is -0.311. The first-order valence-electron chi connectivity index (χ1n) is 11.9. The van der Waals surface area contributed by atoms with Gasteiger partial charge in [0.25, 0.3) is 5.91 Å². The fourth-order valence-corrected chi connectivity index (χ4v) is 4.89. The number of aryl methyl sites for hydroxylation is 1. The molecular formula is C26H36N2O4. The van der Waals surface area contributed by atoms with E-state index in [9.17, 15) is 4.79 Å². The zero-order valence-corrected chi connectivity index (χ0v) is 20.0. The van der Waals surface area contributed by atoms with Crippen molar-refractivity contribution in [1.29, 1.82) is 0 Å². The summed E-state index contributed by atoms with van der Waals surface area (Å²) in [4.78, 5) is 19.7. The lowest BCUT2D eigenvalue weighted by molar-refractivity contribution is -0.108. The lowest BCUT2D eigenvalue weighted by Crippen LogP contribution is -2.52. The molecule has 0 radical (unpaired) electrons. The van der Waals surface area contributed by atoms with E-state index >= 15 is 0 Å². The average molecular weight is 441 g/mol. The molecule has 1 aromatic carbocycles. The van der Waals surface area contributed by atoms with Crippen molar-refractivity contribution in [2.75, 3.05) is 13.1 Å². The molecule has 1 atom stereocenters. The first-order valence-corrected chi connectivity index (χ1v) is 11.9. The van der Waals surface area contributed by atoms with Gasteiger partial charge in [0, 0.05) is 49.7 Å². The highest BCUT2D eigenvalue weighted by Gasteiger charge is 2.46. The molecule has 3 heterocycles. The third-order valence-electron chi connectivity index (χ3n) is 6.47. The van der Waals surface area contributed by atoms with Gasteiger partial charge in [-0.2, -0.15) is 0 Å². The smallest absolute Gasteiger partial charge is 0.253 e. The summed E-state index contributed by atoms with van der Waals surface area (Å²) < 4.78 is 18.6. The Morgan fingerprint density at radius 2 is 1.94 bits per heavy atom. The third-order valence-corrected chi connectivity index (χ3v) is 6.47. The summed E-state index contributed by atoms with van der Waals surface area (Å²) in [6.45, 7) is 11.5. The summed E-state index contributed by atoms with van der Waals surface area (Å²) in [5.74, 6) is 1.66. The molecule has 1 spiro atoms. The Labute approximate surface area is 191 Å². The van der Waals surface area contributed by atoms with Gasteiger partial charge in [-0.05, 0) is 71.2 Å². The van der Waals surface area contributed by atoms with Crippen molar-refractivity contribution in [3.63, 3.8) is 0 Å². The molecule has 0 bridgehead atoms. The number of rotatable bonds is 5. The van der Waals surface area contributed by atoms with Crippen LogP contribution in [0.1, 0.15) is 75.7 Å². The average Bonchev–Trinajstić information content (AvgIpc) is 2.74. The van der Waals surface area contributed by atoms with Crippen LogP contribution in [0.2, 0.25) is 0 Å². The van der Waals surface area contributed by atoms with E-state index in [1.54, 1.807) is 0 Å². The molecule has 1 aromatic rings. The zero-order valence-electron chi connectivity index (χ0n) is 20.0. The summed E-state index contributed by atoms with van der Waals surface area (Å²) in [6, 6.07) is 5.71. The Balaban J connectivity index is 1.44. The minimum absolute atomic E-state index is 0.0506. The van der Waals surface area contributed by atoms with Crippen LogP contribution in [-0.4, -0.2) is 54.0 Å². The fraction of sp³-hybridized carbons (Fsp3) is 0.615. The molecule has 32 heavy (non-hydrogen) atoms. The summed E-state index contributed by atoms with van der Waals surface area (Å²) >= 11 is 0. The van der Waals surface area contributed by atoms with Crippen molar-refractivity contribution in [2.24, 2.45) is 4.99 Å². The summed E-state index contributed by atoms with van der Waals surface area (Å²) in [5.41, 5.74) is 2.58. The van der Waals surface area contributed by atoms with E-state index in [2.05, 4.69) is 18.8 Å². The topological polar surface area (TPSA) is 60.4 Å². The summed E-state index contributed by atoms with van der Waals surface area (Å²) in [7, 11) is 0. The maximum atomic E-state index is 13.2. The van der Waals surface area contributed by atoms with Crippen molar-refractivity contribution in [3.8, 4) is 5.75 Å². The number of hydrogen-bond donors (Lipinski definition) is 0. The van der Waals surface area contributed by atoms with E-state index in [-0.39, 0.29) is 29.8 Å². The second-order valence-electron chi connectivity index (χ2n) is 9.78. The van der Waals surface area contributed by atoms with Gasteiger partial charge in [0.05, 0.1) is 18.3 Å². The molecule has 3 aliphatic rings. The van der Waals surface area contributed by atoms with Crippen LogP contribution in [0.3, 0.4) is 0 Å². The van der Waals surface area contributed by atoms with Gasteiger partial charge in [0.15, 0.2) is 0 Å². The molecule has 4 rings (SSSR count). The number of nitrogens with zero attached hydrogens (tertiary/aromatic N) is 2. The van der Waals surface area contributed by atoms with E-state index in [1.165, 1.54) is 5.57 Å². The Morgan fingerprint density at radius 3 is 2.59 bits per heavy atom. The highest BCUT2D eigenvalue weighted by molar-refractivity contribution is 5.94. The van der Waals surface area contributed by atoms with Gasteiger partial charge in [-0.3, -0.25) is 4.79 Å². The number of ether oxygens (including phenoxy) is 3. The van der Waals surface area contributed by atoms with Crippen molar-refractivity contribution in [2.45, 2.75) is 90.6 Å². The highest BCUT2D eigenvalue weighted by atomic mass is 16.5. The third kappa shape index (κ3) is 4.85. The van der Waals surface area contributed by atoms with Crippen LogP contribution >= 0.6 is 0 Å². The SMILES string of the molecule is Cc1cc(C(=O)N2CCC3(CC2)CC(OC(C)C)C2=C(N=CCC2)O3)ccc1OC(C)C. The Hall–Kier alpha value is -2.34.